The Balaban J connectivity index is 2.08. The lowest BCUT2D eigenvalue weighted by Gasteiger charge is -2.06. The Bertz CT molecular complexity index is 798. The minimum absolute atomic E-state index is 0.0545. The maximum Gasteiger partial charge on any atom is 0.358 e. The van der Waals surface area contributed by atoms with E-state index in [0.29, 0.717) is 23.0 Å². The minimum Gasteiger partial charge on any atom is -0.476 e. The van der Waals surface area contributed by atoms with Crippen molar-refractivity contribution in [1.29, 1.82) is 0 Å². The molecule has 2 N–H and O–H groups in total. The predicted molar refractivity (Wildman–Crippen MR) is 94.4 cm³/mol. The monoisotopic (exact) mass is 406 g/mol. The van der Waals surface area contributed by atoms with Crippen LogP contribution in [0.2, 0.25) is 20.4 Å². The molecule has 1 aromatic heterocycles. The fourth-order valence-corrected chi connectivity index (χ4v) is 2.67. The van der Waals surface area contributed by atoms with Gasteiger partial charge in [0.2, 0.25) is 0 Å². The summed E-state index contributed by atoms with van der Waals surface area (Å²) >= 11 is 23.4. The smallest absolute Gasteiger partial charge is 0.358 e. The van der Waals surface area contributed by atoms with Crippen LogP contribution in [0.4, 0.5) is 0 Å². The highest BCUT2D eigenvalue weighted by Gasteiger charge is 2.19. The van der Waals surface area contributed by atoms with E-state index in [-0.39, 0.29) is 21.7 Å². The summed E-state index contributed by atoms with van der Waals surface area (Å²) in [4.78, 5) is 18.9. The van der Waals surface area contributed by atoms with Crippen molar-refractivity contribution in [3.8, 4) is 0 Å². The number of carboxylic acids is 1. The van der Waals surface area contributed by atoms with Crippen molar-refractivity contribution in [1.82, 2.24) is 15.4 Å². The molecule has 2 aromatic rings. The molecule has 0 amide bonds. The number of hydrazone groups is 1. The molecule has 0 fully saturated rings. The predicted octanol–water partition coefficient (Wildman–Crippen LogP) is 3.71. The highest BCUT2D eigenvalue weighted by Crippen LogP contribution is 2.21. The molecule has 0 aliphatic rings. The molecule has 6 nitrogen and oxygen atoms in total. The van der Waals surface area contributed by atoms with Gasteiger partial charge < -0.3 is 10.5 Å². The number of nitrogens with one attached hydrogen (secondary N) is 1. The topological polar surface area (TPSA) is 87.5 Å². The number of rotatable bonds is 6. The van der Waals surface area contributed by atoms with Gasteiger partial charge in [0.1, 0.15) is 10.8 Å². The van der Waals surface area contributed by atoms with Gasteiger partial charge in [-0.2, -0.15) is 5.10 Å². The minimum atomic E-state index is -1.30. The molecule has 0 aliphatic heterocycles. The maximum atomic E-state index is 11.3. The van der Waals surface area contributed by atoms with Crippen LogP contribution in [0.3, 0.4) is 0 Å². The van der Waals surface area contributed by atoms with E-state index in [1.165, 1.54) is 6.20 Å². The van der Waals surface area contributed by atoms with Gasteiger partial charge in [-0.15, -0.1) is 0 Å². The molecule has 0 saturated heterocycles. The van der Waals surface area contributed by atoms with E-state index in [0.717, 1.165) is 5.56 Å². The number of halogens is 4. The third-order valence-corrected chi connectivity index (χ3v) is 3.87. The Morgan fingerprint density at radius 2 is 2.00 bits per heavy atom. The van der Waals surface area contributed by atoms with Gasteiger partial charge in [0, 0.05) is 16.6 Å². The first kappa shape index (κ1) is 18.7. The van der Waals surface area contributed by atoms with Crippen molar-refractivity contribution in [2.75, 3.05) is 6.54 Å². The number of carbonyl (C=O) groups is 1. The molecule has 10 heteroatoms. The summed E-state index contributed by atoms with van der Waals surface area (Å²) in [6.45, 7) is 0.344. The van der Waals surface area contributed by atoms with E-state index in [1.54, 1.807) is 18.2 Å². The number of nitrogens with zero attached hydrogens (tertiary/aromatic N) is 3. The Morgan fingerprint density at radius 3 is 2.62 bits per heavy atom. The molecular formula is C14H10Cl4N4O2. The summed E-state index contributed by atoms with van der Waals surface area (Å²) in [5.74, 6) is -1.30. The third-order valence-electron chi connectivity index (χ3n) is 2.84. The first-order chi connectivity index (χ1) is 11.4. The largest absolute Gasteiger partial charge is 0.476 e. The summed E-state index contributed by atoms with van der Waals surface area (Å²) in [5, 5.41) is 14.0. The van der Waals surface area contributed by atoms with Gasteiger partial charge in [0.05, 0.1) is 6.20 Å². The zero-order chi connectivity index (χ0) is 17.7. The van der Waals surface area contributed by atoms with Crippen molar-refractivity contribution in [2.45, 2.75) is 6.42 Å². The quantitative estimate of drug-likeness (QED) is 0.433. The standard InChI is InChI=1S/C14H10Cl4N4O2/c15-8-2-1-7(9(16)5-8)3-4-20-22-12(14(23)24)11-13(18)21-10(17)6-19-11/h1-2,5-6,20H,3-4H2,(H,23,24)/b22-12-. The summed E-state index contributed by atoms with van der Waals surface area (Å²) in [6, 6.07) is 5.14. The van der Waals surface area contributed by atoms with Gasteiger partial charge in [-0.3, -0.25) is 0 Å². The average Bonchev–Trinajstić information content (AvgIpc) is 2.50. The lowest BCUT2D eigenvalue weighted by Crippen LogP contribution is -2.22. The van der Waals surface area contributed by atoms with Crippen LogP contribution in [0.1, 0.15) is 11.3 Å². The number of carboxylic acid groups (broad SMARTS) is 1. The second-order valence-corrected chi connectivity index (χ2v) is 6.08. The third kappa shape index (κ3) is 4.95. The van der Waals surface area contributed by atoms with E-state index in [1.807, 2.05) is 0 Å². The van der Waals surface area contributed by atoms with E-state index in [4.69, 9.17) is 46.4 Å². The Hall–Kier alpha value is -1.60. The van der Waals surface area contributed by atoms with Crippen LogP contribution in [0, 0.1) is 0 Å². The fourth-order valence-electron chi connectivity index (χ4n) is 1.76. The van der Waals surface area contributed by atoms with Crippen LogP contribution in [-0.4, -0.2) is 33.3 Å². The highest BCUT2D eigenvalue weighted by atomic mass is 35.5. The Morgan fingerprint density at radius 1 is 1.25 bits per heavy atom. The first-order valence-corrected chi connectivity index (χ1v) is 8.06. The van der Waals surface area contributed by atoms with Crippen LogP contribution in [0.5, 0.6) is 0 Å². The molecule has 0 spiro atoms. The first-order valence-electron chi connectivity index (χ1n) is 6.54. The van der Waals surface area contributed by atoms with E-state index in [2.05, 4.69) is 20.5 Å². The van der Waals surface area contributed by atoms with E-state index < -0.39 is 5.97 Å². The summed E-state index contributed by atoms with van der Waals surface area (Å²) in [6.07, 6.45) is 1.71. The molecule has 24 heavy (non-hydrogen) atoms. The van der Waals surface area contributed by atoms with Gasteiger partial charge in [-0.05, 0) is 24.1 Å². The molecule has 0 radical (unpaired) electrons. The summed E-state index contributed by atoms with van der Waals surface area (Å²) in [5.41, 5.74) is 3.06. The SMILES string of the molecule is O=C(O)/C(=N\NCCc1ccc(Cl)cc1Cl)c1ncc(Cl)nc1Cl. The molecule has 2 rings (SSSR count). The van der Waals surface area contributed by atoms with Crippen molar-refractivity contribution >= 4 is 58.1 Å². The van der Waals surface area contributed by atoms with Crippen molar-refractivity contribution in [2.24, 2.45) is 5.10 Å². The molecule has 0 aliphatic carbocycles. The van der Waals surface area contributed by atoms with Gasteiger partial charge in [-0.25, -0.2) is 14.8 Å². The average molecular weight is 408 g/mol. The number of hydrogen-bond donors (Lipinski definition) is 2. The van der Waals surface area contributed by atoms with E-state index >= 15 is 0 Å². The zero-order valence-electron chi connectivity index (χ0n) is 11.9. The zero-order valence-corrected chi connectivity index (χ0v) is 15.0. The molecular weight excluding hydrogens is 398 g/mol. The Labute approximate surface area is 157 Å². The summed E-state index contributed by atoms with van der Waals surface area (Å²) < 4.78 is 0. The van der Waals surface area contributed by atoms with Gasteiger partial charge in [0.25, 0.3) is 0 Å². The van der Waals surface area contributed by atoms with Crippen LogP contribution in [-0.2, 0) is 11.2 Å². The number of benzene rings is 1. The molecule has 126 valence electrons. The summed E-state index contributed by atoms with van der Waals surface area (Å²) in [7, 11) is 0. The van der Waals surface area contributed by atoms with Crippen LogP contribution in [0.15, 0.2) is 29.5 Å². The van der Waals surface area contributed by atoms with Crippen molar-refractivity contribution in [3.05, 3.63) is 56.0 Å². The maximum absolute atomic E-state index is 11.3. The van der Waals surface area contributed by atoms with Crippen LogP contribution in [0.25, 0.3) is 0 Å². The van der Waals surface area contributed by atoms with Crippen LogP contribution >= 0.6 is 46.4 Å². The fraction of sp³-hybridized carbons (Fsp3) is 0.143. The van der Waals surface area contributed by atoms with Crippen LogP contribution < -0.4 is 5.43 Å². The van der Waals surface area contributed by atoms with Gasteiger partial charge in [0.15, 0.2) is 10.9 Å². The molecule has 0 atom stereocenters. The lowest BCUT2D eigenvalue weighted by molar-refractivity contribution is -0.129. The second kappa shape index (κ2) is 8.48. The Kier molecular flexibility index (Phi) is 6.62. The second-order valence-electron chi connectivity index (χ2n) is 4.49. The van der Waals surface area contributed by atoms with Gasteiger partial charge >= 0.3 is 5.97 Å². The molecule has 0 unspecified atom stereocenters. The van der Waals surface area contributed by atoms with E-state index in [9.17, 15) is 9.90 Å². The van der Waals surface area contributed by atoms with Gasteiger partial charge in [-0.1, -0.05) is 52.5 Å². The number of aromatic nitrogens is 2. The highest BCUT2D eigenvalue weighted by molar-refractivity contribution is 6.46. The lowest BCUT2D eigenvalue weighted by atomic mass is 10.1. The normalized spacial score (nSPS) is 11.4. The van der Waals surface area contributed by atoms with Crippen molar-refractivity contribution < 1.29 is 9.90 Å². The molecule has 0 saturated carbocycles. The molecule has 1 heterocycles. The molecule has 0 bridgehead atoms. The number of aliphatic carboxylic acids is 1. The van der Waals surface area contributed by atoms with Crippen molar-refractivity contribution in [3.63, 3.8) is 0 Å². The number of hydrogen-bond acceptors (Lipinski definition) is 5. The molecule has 1 aromatic carbocycles.